The lowest BCUT2D eigenvalue weighted by molar-refractivity contribution is 0.260. The van der Waals surface area contributed by atoms with Crippen LogP contribution in [0.3, 0.4) is 0 Å². The highest BCUT2D eigenvalue weighted by molar-refractivity contribution is 5.36. The van der Waals surface area contributed by atoms with Crippen molar-refractivity contribution in [2.75, 3.05) is 27.2 Å². The second kappa shape index (κ2) is 5.32. The molecule has 0 spiro atoms. The van der Waals surface area contributed by atoms with Gasteiger partial charge in [0.1, 0.15) is 24.2 Å². The third-order valence-electron chi connectivity index (χ3n) is 1.87. The van der Waals surface area contributed by atoms with Gasteiger partial charge < -0.3 is 9.64 Å². The van der Waals surface area contributed by atoms with Gasteiger partial charge in [0.25, 0.3) is 0 Å². The average Bonchev–Trinajstić information content (AvgIpc) is 2.17. The fourth-order valence-corrected chi connectivity index (χ4v) is 1.02. The van der Waals surface area contributed by atoms with Crippen LogP contribution in [0.4, 0.5) is 4.39 Å². The molecule has 15 heavy (non-hydrogen) atoms. The van der Waals surface area contributed by atoms with E-state index in [-0.39, 0.29) is 5.56 Å². The van der Waals surface area contributed by atoms with Crippen LogP contribution in [0.2, 0.25) is 0 Å². The molecule has 0 aliphatic carbocycles. The summed E-state index contributed by atoms with van der Waals surface area (Å²) in [6.45, 7) is 1.26. The summed E-state index contributed by atoms with van der Waals surface area (Å²) in [5, 5.41) is 8.52. The normalized spacial score (nSPS) is 10.1. The summed E-state index contributed by atoms with van der Waals surface area (Å²) in [6, 6.07) is 6.00. The summed E-state index contributed by atoms with van der Waals surface area (Å²) < 4.78 is 18.4. The molecule has 80 valence electrons. The van der Waals surface area contributed by atoms with E-state index in [0.717, 1.165) is 6.54 Å². The Morgan fingerprint density at radius 1 is 1.47 bits per heavy atom. The molecule has 0 N–H and O–H groups in total. The Labute approximate surface area is 88.7 Å². The quantitative estimate of drug-likeness (QED) is 0.754. The highest BCUT2D eigenvalue weighted by atomic mass is 19.1. The molecule has 0 aromatic heterocycles. The predicted molar refractivity (Wildman–Crippen MR) is 55.2 cm³/mol. The number of rotatable bonds is 4. The fraction of sp³-hybridized carbons (Fsp3) is 0.364. The predicted octanol–water partition coefficient (Wildman–Crippen LogP) is 1.64. The first-order valence-electron chi connectivity index (χ1n) is 4.60. The highest BCUT2D eigenvalue weighted by Gasteiger charge is 2.03. The standard InChI is InChI=1S/C11H13FN2O/c1-14(2)5-6-15-10-4-3-9(8-13)11(12)7-10/h3-4,7H,5-6H2,1-2H3. The Morgan fingerprint density at radius 2 is 2.20 bits per heavy atom. The van der Waals surface area contributed by atoms with Gasteiger partial charge in [-0.2, -0.15) is 5.26 Å². The third kappa shape index (κ3) is 3.56. The Bertz CT molecular complexity index is 371. The van der Waals surface area contributed by atoms with Crippen molar-refractivity contribution >= 4 is 0 Å². The first-order valence-corrected chi connectivity index (χ1v) is 4.60. The average molecular weight is 208 g/mol. The summed E-state index contributed by atoms with van der Waals surface area (Å²) in [6.07, 6.45) is 0. The topological polar surface area (TPSA) is 36.3 Å². The molecular formula is C11H13FN2O. The van der Waals surface area contributed by atoms with Crippen molar-refractivity contribution in [2.45, 2.75) is 0 Å². The van der Waals surface area contributed by atoms with E-state index in [0.29, 0.717) is 12.4 Å². The van der Waals surface area contributed by atoms with Gasteiger partial charge >= 0.3 is 0 Å². The molecule has 0 atom stereocenters. The van der Waals surface area contributed by atoms with Gasteiger partial charge in [0, 0.05) is 12.6 Å². The number of hydrogen-bond donors (Lipinski definition) is 0. The smallest absolute Gasteiger partial charge is 0.144 e. The lowest BCUT2D eigenvalue weighted by Crippen LogP contribution is -2.19. The molecule has 0 heterocycles. The number of halogens is 1. The van der Waals surface area contributed by atoms with Gasteiger partial charge in [0.05, 0.1) is 5.56 Å². The molecule has 0 saturated heterocycles. The zero-order chi connectivity index (χ0) is 11.3. The lowest BCUT2D eigenvalue weighted by Gasteiger charge is -2.10. The monoisotopic (exact) mass is 208 g/mol. The fourth-order valence-electron chi connectivity index (χ4n) is 1.02. The van der Waals surface area contributed by atoms with Gasteiger partial charge in [-0.25, -0.2) is 4.39 Å². The largest absolute Gasteiger partial charge is 0.492 e. The first kappa shape index (κ1) is 11.5. The number of ether oxygens (including phenoxy) is 1. The molecule has 0 bridgehead atoms. The van der Waals surface area contributed by atoms with Crippen LogP contribution in [0, 0.1) is 17.1 Å². The van der Waals surface area contributed by atoms with Crippen LogP contribution in [-0.4, -0.2) is 32.1 Å². The van der Waals surface area contributed by atoms with Crippen LogP contribution in [-0.2, 0) is 0 Å². The molecule has 0 aliphatic rings. The van der Waals surface area contributed by atoms with Crippen LogP contribution in [0.15, 0.2) is 18.2 Å². The SMILES string of the molecule is CN(C)CCOc1ccc(C#N)c(F)c1. The first-order chi connectivity index (χ1) is 7.13. The van der Waals surface area contributed by atoms with E-state index >= 15 is 0 Å². The van der Waals surface area contributed by atoms with Crippen molar-refractivity contribution in [2.24, 2.45) is 0 Å². The minimum atomic E-state index is -0.542. The minimum Gasteiger partial charge on any atom is -0.492 e. The van der Waals surface area contributed by atoms with E-state index in [2.05, 4.69) is 0 Å². The third-order valence-corrected chi connectivity index (χ3v) is 1.87. The Hall–Kier alpha value is -1.60. The van der Waals surface area contributed by atoms with E-state index in [4.69, 9.17) is 10.00 Å². The molecule has 0 radical (unpaired) electrons. The van der Waals surface area contributed by atoms with E-state index in [9.17, 15) is 4.39 Å². The van der Waals surface area contributed by atoms with Gasteiger partial charge in [0.15, 0.2) is 0 Å². The molecule has 1 rings (SSSR count). The summed E-state index contributed by atoms with van der Waals surface area (Å²) in [5.41, 5.74) is 0.0370. The molecule has 3 nitrogen and oxygen atoms in total. The molecule has 0 fully saturated rings. The summed E-state index contributed by atoms with van der Waals surface area (Å²) in [5.74, 6) is -0.0896. The van der Waals surface area contributed by atoms with Crippen LogP contribution >= 0.6 is 0 Å². The molecule has 0 unspecified atom stereocenters. The molecule has 4 heteroatoms. The molecule has 1 aromatic carbocycles. The van der Waals surface area contributed by atoms with Crippen LogP contribution in [0.25, 0.3) is 0 Å². The lowest BCUT2D eigenvalue weighted by atomic mass is 10.2. The van der Waals surface area contributed by atoms with Gasteiger partial charge in [-0.3, -0.25) is 0 Å². The summed E-state index contributed by atoms with van der Waals surface area (Å²) >= 11 is 0. The van der Waals surface area contributed by atoms with Gasteiger partial charge in [-0.05, 0) is 26.2 Å². The number of hydrogen-bond acceptors (Lipinski definition) is 3. The van der Waals surface area contributed by atoms with Gasteiger partial charge in [0.2, 0.25) is 0 Å². The van der Waals surface area contributed by atoms with Crippen LogP contribution < -0.4 is 4.74 Å². The van der Waals surface area contributed by atoms with E-state index in [1.165, 1.54) is 12.1 Å². The highest BCUT2D eigenvalue weighted by Crippen LogP contribution is 2.15. The number of likely N-dealkylation sites (N-methyl/N-ethyl adjacent to an activating group) is 1. The van der Waals surface area contributed by atoms with Crippen molar-refractivity contribution in [1.82, 2.24) is 4.90 Å². The number of benzene rings is 1. The summed E-state index contributed by atoms with van der Waals surface area (Å²) in [4.78, 5) is 1.97. The Kier molecular flexibility index (Phi) is 4.07. The van der Waals surface area contributed by atoms with Crippen LogP contribution in [0.1, 0.15) is 5.56 Å². The minimum absolute atomic E-state index is 0.0370. The Morgan fingerprint density at radius 3 is 2.73 bits per heavy atom. The molecule has 0 saturated carbocycles. The molecular weight excluding hydrogens is 195 g/mol. The number of nitrogens with zero attached hydrogens (tertiary/aromatic N) is 2. The Balaban J connectivity index is 2.57. The van der Waals surface area contributed by atoms with Crippen molar-refractivity contribution in [3.63, 3.8) is 0 Å². The van der Waals surface area contributed by atoms with Crippen molar-refractivity contribution in [3.8, 4) is 11.8 Å². The maximum atomic E-state index is 13.1. The van der Waals surface area contributed by atoms with E-state index in [1.807, 2.05) is 19.0 Å². The maximum absolute atomic E-state index is 13.1. The zero-order valence-electron chi connectivity index (χ0n) is 8.83. The molecule has 1 aromatic rings. The van der Waals surface area contributed by atoms with Crippen molar-refractivity contribution in [1.29, 1.82) is 5.26 Å². The van der Waals surface area contributed by atoms with Gasteiger partial charge in [-0.1, -0.05) is 0 Å². The molecule has 0 amide bonds. The number of nitriles is 1. The van der Waals surface area contributed by atoms with Crippen molar-refractivity contribution < 1.29 is 9.13 Å². The molecule has 0 aliphatic heterocycles. The second-order valence-corrected chi connectivity index (χ2v) is 3.41. The van der Waals surface area contributed by atoms with Crippen LogP contribution in [0.5, 0.6) is 5.75 Å². The van der Waals surface area contributed by atoms with Crippen molar-refractivity contribution in [3.05, 3.63) is 29.6 Å². The maximum Gasteiger partial charge on any atom is 0.144 e. The van der Waals surface area contributed by atoms with Gasteiger partial charge in [-0.15, -0.1) is 0 Å². The van der Waals surface area contributed by atoms with E-state index < -0.39 is 5.82 Å². The van der Waals surface area contributed by atoms with E-state index in [1.54, 1.807) is 12.1 Å². The summed E-state index contributed by atoms with van der Waals surface area (Å²) in [7, 11) is 3.87. The zero-order valence-corrected chi connectivity index (χ0v) is 8.83. The second-order valence-electron chi connectivity index (χ2n) is 3.41.